The highest BCUT2D eigenvalue weighted by atomic mass is 32.2. The van der Waals surface area contributed by atoms with Crippen LogP contribution in [0.25, 0.3) is 0 Å². The Balaban J connectivity index is 1.77. The second kappa shape index (κ2) is 9.54. The van der Waals surface area contributed by atoms with Crippen molar-refractivity contribution in [3.8, 4) is 5.75 Å². The first-order chi connectivity index (χ1) is 16.4. The molecule has 14 heteroatoms. The van der Waals surface area contributed by atoms with Gasteiger partial charge in [-0.2, -0.15) is 30.6 Å². The van der Waals surface area contributed by atoms with E-state index in [4.69, 9.17) is 4.74 Å². The summed E-state index contributed by atoms with van der Waals surface area (Å²) in [5.74, 6) is -2.62. The van der Waals surface area contributed by atoms with Gasteiger partial charge in [0.05, 0.1) is 16.0 Å². The van der Waals surface area contributed by atoms with Crippen LogP contribution in [0.2, 0.25) is 0 Å². The van der Waals surface area contributed by atoms with E-state index < -0.39 is 56.6 Å². The van der Waals surface area contributed by atoms with E-state index in [1.807, 2.05) is 0 Å². The SMILES string of the molecule is CC(C)(Oc1cc(C(F)(F)F)ccc1C(F)(F)F)C(=O)N1CCN(S(=O)(=O)c2ccc(F)cc2)CC1. The molecule has 1 saturated heterocycles. The number of hydrogen-bond donors (Lipinski definition) is 0. The summed E-state index contributed by atoms with van der Waals surface area (Å²) in [4.78, 5) is 14.0. The summed E-state index contributed by atoms with van der Waals surface area (Å²) in [6, 6.07) is 4.83. The molecule has 0 N–H and O–H groups in total. The van der Waals surface area contributed by atoms with Crippen LogP contribution in [0.3, 0.4) is 0 Å². The number of amides is 1. The summed E-state index contributed by atoms with van der Waals surface area (Å²) in [6.45, 7) is 1.58. The molecule has 0 spiro atoms. The lowest BCUT2D eigenvalue weighted by atomic mass is 10.1. The van der Waals surface area contributed by atoms with Gasteiger partial charge in [-0.1, -0.05) is 0 Å². The number of sulfonamides is 1. The van der Waals surface area contributed by atoms with E-state index >= 15 is 0 Å². The molecule has 1 aliphatic heterocycles. The Morgan fingerprint density at radius 3 is 1.92 bits per heavy atom. The van der Waals surface area contributed by atoms with Crippen LogP contribution in [0.1, 0.15) is 25.0 Å². The first-order valence-electron chi connectivity index (χ1n) is 10.5. The summed E-state index contributed by atoms with van der Waals surface area (Å²) in [7, 11) is -3.99. The molecule has 1 heterocycles. The molecule has 1 amide bonds. The van der Waals surface area contributed by atoms with Gasteiger partial charge in [0.25, 0.3) is 5.91 Å². The molecule has 2 aromatic rings. The smallest absolute Gasteiger partial charge is 0.419 e. The molecule has 0 radical (unpaired) electrons. The monoisotopic (exact) mass is 542 g/mol. The maximum absolute atomic E-state index is 13.4. The zero-order valence-electron chi connectivity index (χ0n) is 19.0. The number of carbonyl (C=O) groups is 1. The van der Waals surface area contributed by atoms with Crippen molar-refractivity contribution in [3.05, 3.63) is 59.4 Å². The molecular formula is C22H21F7N2O4S. The van der Waals surface area contributed by atoms with Crippen molar-refractivity contribution < 1.29 is 48.7 Å². The van der Waals surface area contributed by atoms with Crippen LogP contribution in [0.4, 0.5) is 30.7 Å². The lowest BCUT2D eigenvalue weighted by molar-refractivity contribution is -0.151. The fraction of sp³-hybridized carbons (Fsp3) is 0.409. The summed E-state index contributed by atoms with van der Waals surface area (Å²) in [5, 5.41) is 0. The molecule has 1 fully saturated rings. The van der Waals surface area contributed by atoms with E-state index in [1.54, 1.807) is 0 Å². The third-order valence-electron chi connectivity index (χ3n) is 5.47. The summed E-state index contributed by atoms with van der Waals surface area (Å²) < 4.78 is 124. The Hall–Kier alpha value is -2.87. The molecule has 0 unspecified atom stereocenters. The van der Waals surface area contributed by atoms with Crippen molar-refractivity contribution in [1.82, 2.24) is 9.21 Å². The van der Waals surface area contributed by atoms with Gasteiger partial charge in [-0.3, -0.25) is 4.79 Å². The molecule has 3 rings (SSSR count). The zero-order chi connectivity index (χ0) is 27.1. The first kappa shape index (κ1) is 27.7. The van der Waals surface area contributed by atoms with Gasteiger partial charge in [0, 0.05) is 26.2 Å². The quantitative estimate of drug-likeness (QED) is 0.520. The Labute approximate surface area is 202 Å². The third kappa shape index (κ3) is 5.91. The highest BCUT2D eigenvalue weighted by Gasteiger charge is 2.42. The number of benzene rings is 2. The normalized spacial score (nSPS) is 16.2. The van der Waals surface area contributed by atoms with E-state index in [0.29, 0.717) is 0 Å². The second-order valence-corrected chi connectivity index (χ2v) is 10.4. The largest absolute Gasteiger partial charge is 0.477 e. The maximum atomic E-state index is 13.4. The summed E-state index contributed by atoms with van der Waals surface area (Å²) in [6.07, 6.45) is -9.98. The van der Waals surface area contributed by atoms with Gasteiger partial charge >= 0.3 is 12.4 Å². The Kier molecular flexibility index (Phi) is 7.34. The van der Waals surface area contributed by atoms with Gasteiger partial charge in [0.15, 0.2) is 5.60 Å². The van der Waals surface area contributed by atoms with Crippen molar-refractivity contribution in [3.63, 3.8) is 0 Å². The topological polar surface area (TPSA) is 66.9 Å². The molecule has 0 aliphatic carbocycles. The van der Waals surface area contributed by atoms with Crippen molar-refractivity contribution >= 4 is 15.9 Å². The van der Waals surface area contributed by atoms with E-state index in [-0.39, 0.29) is 49.3 Å². The average Bonchev–Trinajstić information content (AvgIpc) is 2.77. The number of carbonyl (C=O) groups excluding carboxylic acids is 1. The molecule has 0 bridgehead atoms. The van der Waals surface area contributed by atoms with Crippen LogP contribution in [-0.4, -0.2) is 55.3 Å². The van der Waals surface area contributed by atoms with Gasteiger partial charge in [-0.05, 0) is 56.3 Å². The van der Waals surface area contributed by atoms with E-state index in [2.05, 4.69) is 0 Å². The van der Waals surface area contributed by atoms with Crippen LogP contribution < -0.4 is 4.74 Å². The number of ether oxygens (including phenoxy) is 1. The van der Waals surface area contributed by atoms with E-state index in [1.165, 1.54) is 0 Å². The highest BCUT2D eigenvalue weighted by Crippen LogP contribution is 2.41. The third-order valence-corrected chi connectivity index (χ3v) is 7.38. The van der Waals surface area contributed by atoms with Crippen LogP contribution in [0.5, 0.6) is 5.75 Å². The molecule has 6 nitrogen and oxygen atoms in total. The number of halogens is 7. The zero-order valence-corrected chi connectivity index (χ0v) is 19.8. The Bertz CT molecular complexity index is 1220. The fourth-order valence-corrected chi connectivity index (χ4v) is 5.03. The lowest BCUT2D eigenvalue weighted by Crippen LogP contribution is -2.56. The van der Waals surface area contributed by atoms with Crippen LogP contribution in [0, 0.1) is 5.82 Å². The highest BCUT2D eigenvalue weighted by molar-refractivity contribution is 7.89. The predicted octanol–water partition coefficient (Wildman–Crippen LogP) is 4.55. The predicted molar refractivity (Wildman–Crippen MR) is 113 cm³/mol. The maximum Gasteiger partial charge on any atom is 0.419 e. The Morgan fingerprint density at radius 1 is 0.861 bits per heavy atom. The van der Waals surface area contributed by atoms with Crippen LogP contribution in [-0.2, 0) is 27.2 Å². The fourth-order valence-electron chi connectivity index (χ4n) is 3.60. The molecule has 0 saturated carbocycles. The molecular weight excluding hydrogens is 521 g/mol. The molecule has 0 aromatic heterocycles. The van der Waals surface area contributed by atoms with Crippen molar-refractivity contribution in [1.29, 1.82) is 0 Å². The summed E-state index contributed by atoms with van der Waals surface area (Å²) in [5.41, 5.74) is -4.87. The molecule has 36 heavy (non-hydrogen) atoms. The summed E-state index contributed by atoms with van der Waals surface area (Å²) >= 11 is 0. The van der Waals surface area contributed by atoms with Gasteiger partial charge in [0.2, 0.25) is 10.0 Å². The minimum atomic E-state index is -5.04. The van der Waals surface area contributed by atoms with E-state index in [9.17, 15) is 43.9 Å². The van der Waals surface area contributed by atoms with Gasteiger partial charge in [0.1, 0.15) is 11.6 Å². The molecule has 198 valence electrons. The van der Waals surface area contributed by atoms with Gasteiger partial charge in [-0.15, -0.1) is 0 Å². The molecule has 2 aromatic carbocycles. The van der Waals surface area contributed by atoms with Crippen LogP contribution >= 0.6 is 0 Å². The number of piperazine rings is 1. The Morgan fingerprint density at radius 2 is 1.42 bits per heavy atom. The van der Waals surface area contributed by atoms with Crippen molar-refractivity contribution in [2.45, 2.75) is 36.7 Å². The number of hydrogen-bond acceptors (Lipinski definition) is 4. The van der Waals surface area contributed by atoms with E-state index in [0.717, 1.165) is 47.3 Å². The number of nitrogens with zero attached hydrogens (tertiary/aromatic N) is 2. The second-order valence-electron chi connectivity index (χ2n) is 8.47. The molecule has 0 atom stereocenters. The lowest BCUT2D eigenvalue weighted by Gasteiger charge is -2.38. The minimum Gasteiger partial charge on any atom is -0.477 e. The van der Waals surface area contributed by atoms with Crippen molar-refractivity contribution in [2.24, 2.45) is 0 Å². The standard InChI is InChI=1S/C22H21F7N2O4S/c1-20(2,35-18-13-14(21(24,25)26)3-8-17(18)22(27,28)29)19(32)30-9-11-31(12-10-30)36(33,34)16-6-4-15(23)5-7-16/h3-8,13H,9-12H2,1-2H3. The van der Waals surface area contributed by atoms with Crippen molar-refractivity contribution in [2.75, 3.05) is 26.2 Å². The first-order valence-corrected chi connectivity index (χ1v) is 11.9. The van der Waals surface area contributed by atoms with Crippen LogP contribution in [0.15, 0.2) is 47.4 Å². The minimum absolute atomic E-state index is 0.152. The van der Waals surface area contributed by atoms with Gasteiger partial charge < -0.3 is 9.64 Å². The number of rotatable bonds is 5. The van der Waals surface area contributed by atoms with Gasteiger partial charge in [-0.25, -0.2) is 12.8 Å². The average molecular weight is 542 g/mol. The number of alkyl halides is 6. The molecule has 1 aliphatic rings.